The van der Waals surface area contributed by atoms with Crippen LogP contribution in [-0.2, 0) is 17.7 Å². The molecule has 6 heteroatoms. The minimum Gasteiger partial charge on any atom is -0.391 e. The zero-order chi connectivity index (χ0) is 13.4. The van der Waals surface area contributed by atoms with E-state index in [9.17, 15) is 5.11 Å². The first-order valence-corrected chi connectivity index (χ1v) is 6.60. The Morgan fingerprint density at radius 3 is 3.11 bits per heavy atom. The second-order valence-electron chi connectivity index (χ2n) is 4.11. The summed E-state index contributed by atoms with van der Waals surface area (Å²) in [6.07, 6.45) is 3.55. The van der Waals surface area contributed by atoms with Crippen LogP contribution in [0, 0.1) is 4.77 Å². The largest absolute Gasteiger partial charge is 0.391 e. The second-order valence-corrected chi connectivity index (χ2v) is 4.50. The summed E-state index contributed by atoms with van der Waals surface area (Å²) in [7, 11) is 0. The van der Waals surface area contributed by atoms with Crippen LogP contribution in [0.25, 0.3) is 0 Å². The number of aromatic amines is 1. The van der Waals surface area contributed by atoms with Crippen LogP contribution in [0.1, 0.15) is 25.6 Å². The van der Waals surface area contributed by atoms with Crippen molar-refractivity contribution in [1.82, 2.24) is 14.8 Å². The number of aliphatic hydroxyl groups excluding tert-OH is 1. The smallest absolute Gasteiger partial charge is 0.195 e. The van der Waals surface area contributed by atoms with Gasteiger partial charge >= 0.3 is 0 Å². The molecule has 0 bridgehead atoms. The van der Waals surface area contributed by atoms with Crippen molar-refractivity contribution < 1.29 is 9.84 Å². The summed E-state index contributed by atoms with van der Waals surface area (Å²) in [6.45, 7) is 7.42. The van der Waals surface area contributed by atoms with Gasteiger partial charge in [-0.1, -0.05) is 13.0 Å². The maximum atomic E-state index is 9.75. The lowest BCUT2D eigenvalue weighted by molar-refractivity contribution is 0.0327. The Balaban J connectivity index is 2.43. The van der Waals surface area contributed by atoms with E-state index < -0.39 is 6.10 Å². The van der Waals surface area contributed by atoms with E-state index in [0.717, 1.165) is 12.2 Å². The van der Waals surface area contributed by atoms with Crippen molar-refractivity contribution in [1.29, 1.82) is 0 Å². The molecule has 1 atom stereocenters. The fraction of sp³-hybridized carbons (Fsp3) is 0.667. The zero-order valence-electron chi connectivity index (χ0n) is 10.8. The molecule has 1 heterocycles. The van der Waals surface area contributed by atoms with Crippen LogP contribution in [0.3, 0.4) is 0 Å². The van der Waals surface area contributed by atoms with Crippen molar-refractivity contribution in [3.8, 4) is 0 Å². The Bertz CT molecular complexity index is 414. The van der Waals surface area contributed by atoms with E-state index in [1.807, 2.05) is 11.5 Å². The van der Waals surface area contributed by atoms with Crippen LogP contribution < -0.4 is 0 Å². The number of aryl methyl sites for hydroxylation is 1. The molecule has 0 aliphatic carbocycles. The van der Waals surface area contributed by atoms with Gasteiger partial charge in [0.25, 0.3) is 0 Å². The average molecular weight is 271 g/mol. The number of nitrogens with one attached hydrogen (secondary N) is 1. The monoisotopic (exact) mass is 271 g/mol. The van der Waals surface area contributed by atoms with Gasteiger partial charge in [0.05, 0.1) is 12.7 Å². The number of aromatic nitrogens is 3. The maximum absolute atomic E-state index is 9.75. The number of rotatable bonds is 9. The van der Waals surface area contributed by atoms with Gasteiger partial charge in [-0.2, -0.15) is 5.10 Å². The minimum absolute atomic E-state index is 0.375. The molecule has 0 radical (unpaired) electrons. The van der Waals surface area contributed by atoms with Crippen molar-refractivity contribution in [3.63, 3.8) is 0 Å². The topological polar surface area (TPSA) is 63.1 Å². The molecule has 0 amide bonds. The van der Waals surface area contributed by atoms with Gasteiger partial charge < -0.3 is 14.4 Å². The van der Waals surface area contributed by atoms with Crippen LogP contribution in [0.4, 0.5) is 0 Å². The molecule has 0 saturated carbocycles. The third-order valence-corrected chi connectivity index (χ3v) is 2.82. The first-order chi connectivity index (χ1) is 8.69. The molecule has 0 aliphatic rings. The molecule has 0 fully saturated rings. The van der Waals surface area contributed by atoms with Gasteiger partial charge in [-0.25, -0.2) is 0 Å². The number of allylic oxidation sites excluding steroid dienone is 1. The quantitative estimate of drug-likeness (QED) is 0.409. The van der Waals surface area contributed by atoms with Crippen molar-refractivity contribution in [2.24, 2.45) is 0 Å². The number of H-pyrrole nitrogens is 1. The van der Waals surface area contributed by atoms with E-state index in [1.54, 1.807) is 6.08 Å². The lowest BCUT2D eigenvalue weighted by Gasteiger charge is -2.10. The highest BCUT2D eigenvalue weighted by Crippen LogP contribution is 2.05. The van der Waals surface area contributed by atoms with E-state index in [2.05, 4.69) is 16.8 Å². The van der Waals surface area contributed by atoms with Crippen LogP contribution in [0.15, 0.2) is 12.7 Å². The molecule has 0 unspecified atom stereocenters. The van der Waals surface area contributed by atoms with Crippen molar-refractivity contribution in [2.45, 2.75) is 38.8 Å². The minimum atomic E-state index is -0.459. The van der Waals surface area contributed by atoms with Gasteiger partial charge in [0.1, 0.15) is 5.82 Å². The highest BCUT2D eigenvalue weighted by molar-refractivity contribution is 7.71. The molecule has 0 aromatic carbocycles. The molecule has 2 N–H and O–H groups in total. The van der Waals surface area contributed by atoms with Gasteiger partial charge in [-0.3, -0.25) is 5.10 Å². The Hall–Kier alpha value is -0.980. The van der Waals surface area contributed by atoms with Crippen molar-refractivity contribution >= 4 is 12.2 Å². The Labute approximate surface area is 112 Å². The van der Waals surface area contributed by atoms with Gasteiger partial charge in [-0.05, 0) is 25.1 Å². The summed E-state index contributed by atoms with van der Waals surface area (Å²) in [5.41, 5.74) is 0. The first-order valence-electron chi connectivity index (χ1n) is 6.19. The SMILES string of the molecule is C=CCn1c(CC[C@@H](O)COCCC)n[nH]c1=S. The Morgan fingerprint density at radius 1 is 1.67 bits per heavy atom. The van der Waals surface area contributed by atoms with Crippen LogP contribution in [0.5, 0.6) is 0 Å². The Kier molecular flexibility index (Phi) is 6.85. The van der Waals surface area contributed by atoms with E-state index in [-0.39, 0.29) is 0 Å². The fourth-order valence-corrected chi connectivity index (χ4v) is 1.83. The molecule has 1 aromatic rings. The molecule has 1 aromatic heterocycles. The highest BCUT2D eigenvalue weighted by atomic mass is 32.1. The Morgan fingerprint density at radius 2 is 2.44 bits per heavy atom. The maximum Gasteiger partial charge on any atom is 0.195 e. The second kappa shape index (κ2) is 8.18. The molecule has 18 heavy (non-hydrogen) atoms. The van der Waals surface area contributed by atoms with Gasteiger partial charge in [0.2, 0.25) is 0 Å². The highest BCUT2D eigenvalue weighted by Gasteiger charge is 2.09. The summed E-state index contributed by atoms with van der Waals surface area (Å²) < 4.78 is 7.76. The summed E-state index contributed by atoms with van der Waals surface area (Å²) in [5.74, 6) is 0.842. The lowest BCUT2D eigenvalue weighted by atomic mass is 10.2. The van der Waals surface area contributed by atoms with E-state index in [0.29, 0.717) is 37.4 Å². The standard InChI is InChI=1S/C12H21N3O2S/c1-3-7-15-11(13-14-12(15)18)6-5-10(16)9-17-8-4-2/h3,10,16H,1,4-9H2,2H3,(H,14,18)/t10-/m1/s1. The summed E-state index contributed by atoms with van der Waals surface area (Å²) in [4.78, 5) is 0. The van der Waals surface area contributed by atoms with Crippen LogP contribution in [-0.4, -0.2) is 39.2 Å². The van der Waals surface area contributed by atoms with E-state index in [4.69, 9.17) is 17.0 Å². The molecule has 0 saturated heterocycles. The summed E-state index contributed by atoms with van der Waals surface area (Å²) in [5, 5.41) is 16.6. The van der Waals surface area contributed by atoms with E-state index >= 15 is 0 Å². The molecule has 102 valence electrons. The molecule has 0 spiro atoms. The molecule has 1 rings (SSSR count). The number of aliphatic hydroxyl groups is 1. The zero-order valence-corrected chi connectivity index (χ0v) is 11.6. The summed E-state index contributed by atoms with van der Waals surface area (Å²) >= 11 is 5.11. The van der Waals surface area contributed by atoms with Crippen molar-refractivity contribution in [3.05, 3.63) is 23.3 Å². The third kappa shape index (κ3) is 4.72. The van der Waals surface area contributed by atoms with Gasteiger partial charge in [0, 0.05) is 19.6 Å². The predicted octanol–water partition coefficient (Wildman–Crippen LogP) is 1.85. The number of hydrogen-bond donors (Lipinski definition) is 2. The fourth-order valence-electron chi connectivity index (χ4n) is 1.60. The first kappa shape index (κ1) is 15.1. The number of nitrogens with zero attached hydrogens (tertiary/aromatic N) is 2. The third-order valence-electron chi connectivity index (χ3n) is 2.51. The average Bonchev–Trinajstić information content (AvgIpc) is 2.69. The summed E-state index contributed by atoms with van der Waals surface area (Å²) in [6, 6.07) is 0. The van der Waals surface area contributed by atoms with E-state index in [1.165, 1.54) is 0 Å². The van der Waals surface area contributed by atoms with Crippen LogP contribution >= 0.6 is 12.2 Å². The number of ether oxygens (including phenoxy) is 1. The van der Waals surface area contributed by atoms with Crippen LogP contribution in [0.2, 0.25) is 0 Å². The van der Waals surface area contributed by atoms with Gasteiger partial charge in [-0.15, -0.1) is 6.58 Å². The molecular weight excluding hydrogens is 250 g/mol. The van der Waals surface area contributed by atoms with Crippen molar-refractivity contribution in [2.75, 3.05) is 13.2 Å². The molecule has 0 aliphatic heterocycles. The lowest BCUT2D eigenvalue weighted by Crippen LogP contribution is -2.17. The molecule has 5 nitrogen and oxygen atoms in total. The number of hydrogen-bond acceptors (Lipinski definition) is 4. The molecular formula is C12H21N3O2S. The van der Waals surface area contributed by atoms with Gasteiger partial charge in [0.15, 0.2) is 4.77 Å². The predicted molar refractivity (Wildman–Crippen MR) is 73.0 cm³/mol. The normalized spacial score (nSPS) is 12.6.